The summed E-state index contributed by atoms with van der Waals surface area (Å²) in [6.07, 6.45) is 0.587. The van der Waals surface area contributed by atoms with Gasteiger partial charge in [-0.3, -0.25) is 4.79 Å². The SMILES string of the molecule is CC(C)C[C@@H](N)C(=O)N(C)Cc1cc(C#N)ccc1F. The van der Waals surface area contributed by atoms with E-state index < -0.39 is 11.9 Å². The lowest BCUT2D eigenvalue weighted by atomic mass is 10.0. The van der Waals surface area contributed by atoms with Crippen molar-refractivity contribution in [1.29, 1.82) is 5.26 Å². The van der Waals surface area contributed by atoms with Gasteiger partial charge in [-0.25, -0.2) is 4.39 Å². The summed E-state index contributed by atoms with van der Waals surface area (Å²) >= 11 is 0. The highest BCUT2D eigenvalue weighted by molar-refractivity contribution is 5.81. The molecule has 1 rings (SSSR count). The third-order valence-electron chi connectivity index (χ3n) is 3.00. The predicted molar refractivity (Wildman–Crippen MR) is 75.0 cm³/mol. The number of benzene rings is 1. The van der Waals surface area contributed by atoms with Gasteiger partial charge in [0.05, 0.1) is 17.7 Å². The molecule has 108 valence electrons. The molecule has 0 saturated carbocycles. The molecule has 1 aromatic carbocycles. The minimum absolute atomic E-state index is 0.103. The highest BCUT2D eigenvalue weighted by atomic mass is 19.1. The highest BCUT2D eigenvalue weighted by Crippen LogP contribution is 2.13. The summed E-state index contributed by atoms with van der Waals surface area (Å²) in [6.45, 7) is 4.08. The van der Waals surface area contributed by atoms with E-state index in [0.717, 1.165) is 0 Å². The second-order valence-corrected chi connectivity index (χ2v) is 5.35. The highest BCUT2D eigenvalue weighted by Gasteiger charge is 2.20. The smallest absolute Gasteiger partial charge is 0.239 e. The Labute approximate surface area is 119 Å². The van der Waals surface area contributed by atoms with E-state index in [-0.39, 0.29) is 12.5 Å². The number of nitrogens with two attached hydrogens (primary N) is 1. The minimum Gasteiger partial charge on any atom is -0.340 e. The normalized spacial score (nSPS) is 12.1. The van der Waals surface area contributed by atoms with Gasteiger partial charge < -0.3 is 10.6 Å². The molecule has 0 unspecified atom stereocenters. The molecule has 0 bridgehead atoms. The molecule has 0 spiro atoms. The lowest BCUT2D eigenvalue weighted by Crippen LogP contribution is -2.42. The van der Waals surface area contributed by atoms with Gasteiger partial charge in [0, 0.05) is 19.2 Å². The first-order valence-corrected chi connectivity index (χ1v) is 6.54. The molecule has 0 saturated heterocycles. The van der Waals surface area contributed by atoms with Gasteiger partial charge in [-0.1, -0.05) is 13.8 Å². The van der Waals surface area contributed by atoms with E-state index in [1.165, 1.54) is 23.1 Å². The Hall–Kier alpha value is -1.93. The van der Waals surface area contributed by atoms with Gasteiger partial charge in [0.2, 0.25) is 5.91 Å². The molecule has 0 heterocycles. The summed E-state index contributed by atoms with van der Waals surface area (Å²) in [4.78, 5) is 13.5. The van der Waals surface area contributed by atoms with Gasteiger partial charge in [-0.15, -0.1) is 0 Å². The van der Waals surface area contributed by atoms with Crippen molar-refractivity contribution in [1.82, 2.24) is 4.90 Å². The summed E-state index contributed by atoms with van der Waals surface area (Å²) in [5.74, 6) is -0.331. The van der Waals surface area contributed by atoms with Crippen LogP contribution in [0.4, 0.5) is 4.39 Å². The molecule has 1 atom stereocenters. The molecule has 0 aliphatic rings. The van der Waals surface area contributed by atoms with Crippen LogP contribution in [0.15, 0.2) is 18.2 Å². The van der Waals surface area contributed by atoms with Crippen molar-refractivity contribution in [3.63, 3.8) is 0 Å². The molecule has 0 aliphatic carbocycles. The molecule has 5 heteroatoms. The summed E-state index contributed by atoms with van der Waals surface area (Å²) in [7, 11) is 1.58. The van der Waals surface area contributed by atoms with Gasteiger partial charge in [0.1, 0.15) is 5.82 Å². The standard InChI is InChI=1S/C15H20FN3O/c1-10(2)6-14(18)15(20)19(3)9-12-7-11(8-17)4-5-13(12)16/h4-5,7,10,14H,6,9,18H2,1-3H3/t14-/m1/s1. The molecule has 1 aromatic rings. The first-order chi connectivity index (χ1) is 9.35. The maximum absolute atomic E-state index is 13.7. The molecule has 0 aliphatic heterocycles. The zero-order valence-corrected chi connectivity index (χ0v) is 12.1. The van der Waals surface area contributed by atoms with Crippen LogP contribution in [0.5, 0.6) is 0 Å². The van der Waals surface area contributed by atoms with E-state index in [9.17, 15) is 9.18 Å². The fraction of sp³-hybridized carbons (Fsp3) is 0.467. The average molecular weight is 277 g/mol. The number of carbonyl (C=O) groups is 1. The predicted octanol–water partition coefficient (Wildman–Crippen LogP) is 2.03. The first-order valence-electron chi connectivity index (χ1n) is 6.54. The number of nitriles is 1. The molecule has 0 radical (unpaired) electrons. The largest absolute Gasteiger partial charge is 0.340 e. The fourth-order valence-corrected chi connectivity index (χ4v) is 1.99. The number of halogens is 1. The van der Waals surface area contributed by atoms with Crippen LogP contribution in [-0.4, -0.2) is 23.9 Å². The van der Waals surface area contributed by atoms with Crippen molar-refractivity contribution in [3.05, 3.63) is 35.1 Å². The van der Waals surface area contributed by atoms with E-state index in [0.29, 0.717) is 23.5 Å². The topological polar surface area (TPSA) is 70.1 Å². The van der Waals surface area contributed by atoms with Crippen LogP contribution in [-0.2, 0) is 11.3 Å². The van der Waals surface area contributed by atoms with Crippen LogP contribution in [0.25, 0.3) is 0 Å². The molecule has 2 N–H and O–H groups in total. The van der Waals surface area contributed by atoms with Gasteiger partial charge in [-0.2, -0.15) is 5.26 Å². The Morgan fingerprint density at radius 1 is 1.50 bits per heavy atom. The van der Waals surface area contributed by atoms with Gasteiger partial charge in [0.15, 0.2) is 0 Å². The zero-order chi connectivity index (χ0) is 15.3. The third kappa shape index (κ3) is 4.32. The number of carbonyl (C=O) groups excluding carboxylic acids is 1. The van der Waals surface area contributed by atoms with E-state index in [1.807, 2.05) is 19.9 Å². The zero-order valence-electron chi connectivity index (χ0n) is 12.1. The van der Waals surface area contributed by atoms with Gasteiger partial charge in [-0.05, 0) is 30.5 Å². The van der Waals surface area contributed by atoms with Crippen LogP contribution in [0.3, 0.4) is 0 Å². The van der Waals surface area contributed by atoms with Crippen LogP contribution >= 0.6 is 0 Å². The molecular formula is C15H20FN3O. The second-order valence-electron chi connectivity index (χ2n) is 5.35. The van der Waals surface area contributed by atoms with Crippen molar-refractivity contribution in [3.8, 4) is 6.07 Å². The summed E-state index contributed by atoms with van der Waals surface area (Å²) in [5.41, 5.74) is 6.52. The Balaban J connectivity index is 2.78. The molecule has 0 fully saturated rings. The fourth-order valence-electron chi connectivity index (χ4n) is 1.99. The quantitative estimate of drug-likeness (QED) is 0.895. The van der Waals surface area contributed by atoms with Crippen LogP contribution in [0.1, 0.15) is 31.4 Å². The van der Waals surface area contributed by atoms with Gasteiger partial charge in [0.25, 0.3) is 0 Å². The first kappa shape index (κ1) is 16.1. The van der Waals surface area contributed by atoms with Crippen molar-refractivity contribution in [2.45, 2.75) is 32.9 Å². The maximum atomic E-state index is 13.7. The number of nitrogens with zero attached hydrogens (tertiary/aromatic N) is 2. The van der Waals surface area contributed by atoms with Crippen molar-refractivity contribution in [2.24, 2.45) is 11.7 Å². The van der Waals surface area contributed by atoms with E-state index in [1.54, 1.807) is 7.05 Å². The molecular weight excluding hydrogens is 257 g/mol. The summed E-state index contributed by atoms with van der Waals surface area (Å²) in [6, 6.07) is 5.47. The number of hydrogen-bond donors (Lipinski definition) is 1. The van der Waals surface area contributed by atoms with Crippen LogP contribution < -0.4 is 5.73 Å². The molecule has 20 heavy (non-hydrogen) atoms. The van der Waals surface area contributed by atoms with Crippen molar-refractivity contribution < 1.29 is 9.18 Å². The number of rotatable bonds is 5. The van der Waals surface area contributed by atoms with Gasteiger partial charge >= 0.3 is 0 Å². The number of amides is 1. The average Bonchev–Trinajstić information content (AvgIpc) is 2.39. The van der Waals surface area contributed by atoms with Crippen LogP contribution in [0, 0.1) is 23.1 Å². The molecule has 0 aromatic heterocycles. The Morgan fingerprint density at radius 2 is 2.15 bits per heavy atom. The Kier molecular flexibility index (Phi) is 5.66. The number of hydrogen-bond acceptors (Lipinski definition) is 3. The van der Waals surface area contributed by atoms with Crippen molar-refractivity contribution in [2.75, 3.05) is 7.05 Å². The van der Waals surface area contributed by atoms with E-state index >= 15 is 0 Å². The van der Waals surface area contributed by atoms with E-state index in [4.69, 9.17) is 11.0 Å². The maximum Gasteiger partial charge on any atom is 0.239 e. The number of likely N-dealkylation sites (N-methyl/N-ethyl adjacent to an activating group) is 1. The summed E-state index contributed by atoms with van der Waals surface area (Å²) in [5, 5.41) is 8.81. The molecule has 1 amide bonds. The third-order valence-corrected chi connectivity index (χ3v) is 3.00. The summed E-state index contributed by atoms with van der Waals surface area (Å²) < 4.78 is 13.7. The lowest BCUT2D eigenvalue weighted by molar-refractivity contribution is -0.132. The van der Waals surface area contributed by atoms with Crippen molar-refractivity contribution >= 4 is 5.91 Å². The Bertz CT molecular complexity index is 522. The minimum atomic E-state index is -0.581. The Morgan fingerprint density at radius 3 is 2.70 bits per heavy atom. The molecule has 4 nitrogen and oxygen atoms in total. The second kappa shape index (κ2) is 7.01. The monoisotopic (exact) mass is 277 g/mol. The van der Waals surface area contributed by atoms with E-state index in [2.05, 4.69) is 0 Å². The lowest BCUT2D eigenvalue weighted by Gasteiger charge is -2.22. The van der Waals surface area contributed by atoms with Crippen LogP contribution in [0.2, 0.25) is 0 Å².